The number of carbonyl (C=O) groups is 1. The molecule has 0 saturated carbocycles. The minimum absolute atomic E-state index is 0.00503. The first kappa shape index (κ1) is 24.4. The van der Waals surface area contributed by atoms with Crippen LogP contribution in [0, 0.1) is 6.92 Å². The van der Waals surface area contributed by atoms with Gasteiger partial charge in [-0.25, -0.2) is 4.98 Å². The summed E-state index contributed by atoms with van der Waals surface area (Å²) in [4.78, 5) is 33.2. The van der Waals surface area contributed by atoms with Gasteiger partial charge in [-0.2, -0.15) is 0 Å². The molecule has 9 heteroatoms. The SMILES string of the molecule is CC[C@@H](C)N1C(=O)/C(=C/c2c(NCCCOC(C)C)nc3c(C)cccn3c2=O)SC1=S. The number of nitrogens with zero attached hydrogens (tertiary/aromatic N) is 3. The van der Waals surface area contributed by atoms with Gasteiger partial charge in [0.15, 0.2) is 0 Å². The highest BCUT2D eigenvalue weighted by Gasteiger charge is 2.35. The molecule has 0 unspecified atom stereocenters. The van der Waals surface area contributed by atoms with Gasteiger partial charge < -0.3 is 10.1 Å². The maximum Gasteiger partial charge on any atom is 0.267 e. The molecular formula is C23H30N4O3S2. The second-order valence-corrected chi connectivity index (χ2v) is 9.75. The molecule has 0 radical (unpaired) electrons. The number of hydrogen-bond acceptors (Lipinski definition) is 7. The molecule has 0 aromatic carbocycles. The number of hydrogen-bond donors (Lipinski definition) is 1. The minimum Gasteiger partial charge on any atom is -0.379 e. The Hall–Kier alpha value is -2.23. The molecule has 7 nitrogen and oxygen atoms in total. The van der Waals surface area contributed by atoms with Crippen LogP contribution in [0.4, 0.5) is 5.82 Å². The zero-order valence-corrected chi connectivity index (χ0v) is 20.8. The van der Waals surface area contributed by atoms with Crippen molar-refractivity contribution in [3.8, 4) is 0 Å². The van der Waals surface area contributed by atoms with Crippen LogP contribution in [0.1, 0.15) is 51.7 Å². The number of anilines is 1. The minimum atomic E-state index is -0.228. The van der Waals surface area contributed by atoms with Gasteiger partial charge in [-0.15, -0.1) is 0 Å². The Morgan fingerprint density at radius 3 is 2.75 bits per heavy atom. The lowest BCUT2D eigenvalue weighted by Gasteiger charge is -2.21. The van der Waals surface area contributed by atoms with E-state index >= 15 is 0 Å². The summed E-state index contributed by atoms with van der Waals surface area (Å²) in [6.07, 6.45) is 5.05. The molecule has 1 aliphatic heterocycles. The molecule has 1 aliphatic rings. The van der Waals surface area contributed by atoms with E-state index in [2.05, 4.69) is 5.32 Å². The highest BCUT2D eigenvalue weighted by Crippen LogP contribution is 2.34. The fourth-order valence-electron chi connectivity index (χ4n) is 3.35. The van der Waals surface area contributed by atoms with Gasteiger partial charge in [0.25, 0.3) is 11.5 Å². The van der Waals surface area contributed by atoms with E-state index in [0.717, 1.165) is 18.4 Å². The van der Waals surface area contributed by atoms with E-state index in [9.17, 15) is 9.59 Å². The van der Waals surface area contributed by atoms with E-state index in [0.29, 0.717) is 39.4 Å². The van der Waals surface area contributed by atoms with Crippen molar-refractivity contribution in [3.05, 3.63) is 44.7 Å². The second-order valence-electron chi connectivity index (χ2n) is 8.07. The first-order valence-corrected chi connectivity index (χ1v) is 12.1. The van der Waals surface area contributed by atoms with Crippen LogP contribution in [-0.2, 0) is 9.53 Å². The van der Waals surface area contributed by atoms with E-state index in [-0.39, 0.29) is 23.6 Å². The summed E-state index contributed by atoms with van der Waals surface area (Å²) >= 11 is 6.66. The Balaban J connectivity index is 2.00. The standard InChI is InChI=1S/C23H30N4O3S2/c1-6-16(5)27-22(29)18(32-23(27)31)13-17-19(24-10-8-12-30-14(2)3)25-20-15(4)9-7-11-26(20)21(17)28/h7,9,11,13-14,16,24H,6,8,10,12H2,1-5H3/b18-13-/t16-/m1/s1. The molecule has 32 heavy (non-hydrogen) atoms. The van der Waals surface area contributed by atoms with E-state index in [1.165, 1.54) is 16.2 Å². The normalized spacial score (nSPS) is 16.6. The Labute approximate surface area is 198 Å². The van der Waals surface area contributed by atoms with Crippen molar-refractivity contribution in [2.45, 2.75) is 59.6 Å². The number of aromatic nitrogens is 2. The summed E-state index contributed by atoms with van der Waals surface area (Å²) in [6.45, 7) is 11.1. The van der Waals surface area contributed by atoms with Gasteiger partial charge in [-0.3, -0.25) is 18.9 Å². The van der Waals surface area contributed by atoms with Crippen LogP contribution < -0.4 is 10.9 Å². The second kappa shape index (κ2) is 10.6. The van der Waals surface area contributed by atoms with Crippen LogP contribution in [0.2, 0.25) is 0 Å². The number of carbonyl (C=O) groups excluding carboxylic acids is 1. The number of thiocarbonyl (C=S) groups is 1. The maximum absolute atomic E-state index is 13.4. The van der Waals surface area contributed by atoms with Crippen LogP contribution in [0.25, 0.3) is 11.7 Å². The molecule has 1 amide bonds. The summed E-state index contributed by atoms with van der Waals surface area (Å²) in [6, 6.07) is 3.73. The monoisotopic (exact) mass is 474 g/mol. The zero-order chi connectivity index (χ0) is 23.4. The van der Waals surface area contributed by atoms with E-state index in [1.807, 2.05) is 46.8 Å². The molecule has 172 valence electrons. The summed E-state index contributed by atoms with van der Waals surface area (Å²) in [5.74, 6) is 0.294. The van der Waals surface area contributed by atoms with Crippen LogP contribution in [0.3, 0.4) is 0 Å². The van der Waals surface area contributed by atoms with Crippen LogP contribution in [0.15, 0.2) is 28.0 Å². The molecule has 2 aromatic heterocycles. The third-order valence-corrected chi connectivity index (χ3v) is 6.61. The summed E-state index contributed by atoms with van der Waals surface area (Å²) < 4.78 is 7.63. The van der Waals surface area contributed by atoms with Crippen molar-refractivity contribution >= 4 is 51.7 Å². The number of fused-ring (bicyclic) bond motifs is 1. The maximum atomic E-state index is 13.4. The number of pyridine rings is 1. The molecule has 3 rings (SSSR count). The lowest BCUT2D eigenvalue weighted by Crippen LogP contribution is -2.36. The van der Waals surface area contributed by atoms with Gasteiger partial charge in [-0.05, 0) is 58.2 Å². The fraction of sp³-hybridized carbons (Fsp3) is 0.478. The molecule has 1 N–H and O–H groups in total. The zero-order valence-electron chi connectivity index (χ0n) is 19.2. The molecule has 0 aliphatic carbocycles. The van der Waals surface area contributed by atoms with E-state index in [4.69, 9.17) is 21.9 Å². The topological polar surface area (TPSA) is 75.9 Å². The first-order chi connectivity index (χ1) is 15.2. The van der Waals surface area contributed by atoms with E-state index < -0.39 is 0 Å². The van der Waals surface area contributed by atoms with Crippen molar-refractivity contribution < 1.29 is 9.53 Å². The average Bonchev–Trinajstić information content (AvgIpc) is 3.03. The molecular weight excluding hydrogens is 444 g/mol. The Morgan fingerprint density at radius 1 is 1.31 bits per heavy atom. The molecule has 0 bridgehead atoms. The van der Waals surface area contributed by atoms with Gasteiger partial charge in [0.1, 0.15) is 15.8 Å². The molecule has 2 aromatic rings. The third-order valence-electron chi connectivity index (χ3n) is 5.28. The van der Waals surface area contributed by atoms with Crippen molar-refractivity contribution in [2.24, 2.45) is 0 Å². The number of amides is 1. The van der Waals surface area contributed by atoms with Crippen LogP contribution in [-0.4, -0.2) is 49.8 Å². The van der Waals surface area contributed by atoms with Crippen molar-refractivity contribution in [3.63, 3.8) is 0 Å². The molecule has 1 fully saturated rings. The van der Waals surface area contributed by atoms with Gasteiger partial charge in [-0.1, -0.05) is 37.0 Å². The average molecular weight is 475 g/mol. The number of nitrogens with one attached hydrogen (secondary N) is 1. The summed E-state index contributed by atoms with van der Waals surface area (Å²) in [7, 11) is 0. The van der Waals surface area contributed by atoms with Gasteiger partial charge >= 0.3 is 0 Å². The third kappa shape index (κ3) is 5.22. The largest absolute Gasteiger partial charge is 0.379 e. The molecule has 0 spiro atoms. The fourth-order valence-corrected chi connectivity index (χ4v) is 4.79. The van der Waals surface area contributed by atoms with Crippen molar-refractivity contribution in [1.29, 1.82) is 0 Å². The van der Waals surface area contributed by atoms with Crippen molar-refractivity contribution in [2.75, 3.05) is 18.5 Å². The molecule has 1 atom stereocenters. The summed E-state index contributed by atoms with van der Waals surface area (Å²) in [5.41, 5.74) is 1.60. The number of ether oxygens (including phenoxy) is 1. The Bertz CT molecular complexity index is 1110. The summed E-state index contributed by atoms with van der Waals surface area (Å²) in [5, 5.41) is 3.28. The Morgan fingerprint density at radius 2 is 2.06 bits per heavy atom. The lowest BCUT2D eigenvalue weighted by molar-refractivity contribution is -0.123. The van der Waals surface area contributed by atoms with Crippen molar-refractivity contribution in [1.82, 2.24) is 14.3 Å². The lowest BCUT2D eigenvalue weighted by atomic mass is 10.2. The smallest absolute Gasteiger partial charge is 0.267 e. The molecule has 3 heterocycles. The number of aryl methyl sites for hydroxylation is 1. The van der Waals surface area contributed by atoms with Crippen LogP contribution >= 0.6 is 24.0 Å². The number of rotatable bonds is 9. The highest BCUT2D eigenvalue weighted by atomic mass is 32.2. The van der Waals surface area contributed by atoms with Gasteiger partial charge in [0, 0.05) is 25.4 Å². The number of thioether (sulfide) groups is 1. The van der Waals surface area contributed by atoms with Gasteiger partial charge in [0.2, 0.25) is 0 Å². The van der Waals surface area contributed by atoms with Crippen LogP contribution in [0.5, 0.6) is 0 Å². The quantitative estimate of drug-likeness (QED) is 0.331. The van der Waals surface area contributed by atoms with Gasteiger partial charge in [0.05, 0.1) is 16.6 Å². The predicted molar refractivity (Wildman–Crippen MR) is 135 cm³/mol. The molecule has 1 saturated heterocycles. The van der Waals surface area contributed by atoms with E-state index in [1.54, 1.807) is 17.2 Å². The highest BCUT2D eigenvalue weighted by molar-refractivity contribution is 8.26. The Kier molecular flexibility index (Phi) is 8.08. The predicted octanol–water partition coefficient (Wildman–Crippen LogP) is 4.23. The first-order valence-electron chi connectivity index (χ1n) is 10.9.